The number of amides is 1. The highest BCUT2D eigenvalue weighted by Crippen LogP contribution is 2.30. The molecule has 1 aliphatic heterocycles. The van der Waals surface area contributed by atoms with Crippen LogP contribution in [0.25, 0.3) is 0 Å². The number of aromatic nitrogens is 1. The Labute approximate surface area is 138 Å². The third-order valence-electron chi connectivity index (χ3n) is 3.98. The topological polar surface area (TPSA) is 62.4 Å². The molecular weight excluding hydrogens is 316 g/mol. The molecule has 120 valence electrons. The standard InChI is InChI=1S/C17H17ClN2O3/c1-11-10-23-15(13-4-2-3-5-14(13)18)9-20(11)17(22)12-6-7-16(21)19-8-12/h2-8,11,15H,9-10H2,1H3,(H,19,21)/t11-,15+/m1/s1. The Morgan fingerprint density at radius 3 is 2.78 bits per heavy atom. The summed E-state index contributed by atoms with van der Waals surface area (Å²) in [6.45, 7) is 2.79. The van der Waals surface area contributed by atoms with Gasteiger partial charge >= 0.3 is 0 Å². The molecule has 1 saturated heterocycles. The molecular formula is C17H17ClN2O3. The van der Waals surface area contributed by atoms with Crippen LogP contribution < -0.4 is 5.56 Å². The van der Waals surface area contributed by atoms with Crippen molar-refractivity contribution in [1.82, 2.24) is 9.88 Å². The van der Waals surface area contributed by atoms with E-state index in [2.05, 4.69) is 4.98 Å². The predicted octanol–water partition coefficient (Wildman–Crippen LogP) is 2.63. The summed E-state index contributed by atoms with van der Waals surface area (Å²) in [6, 6.07) is 10.3. The second-order valence-electron chi connectivity index (χ2n) is 5.59. The molecule has 23 heavy (non-hydrogen) atoms. The number of benzene rings is 1. The maximum Gasteiger partial charge on any atom is 0.255 e. The first-order valence-electron chi connectivity index (χ1n) is 7.42. The molecule has 0 bridgehead atoms. The van der Waals surface area contributed by atoms with Gasteiger partial charge in [0, 0.05) is 22.8 Å². The molecule has 1 aliphatic rings. The van der Waals surface area contributed by atoms with Crippen molar-refractivity contribution in [3.8, 4) is 0 Å². The van der Waals surface area contributed by atoms with Gasteiger partial charge < -0.3 is 14.6 Å². The molecule has 6 heteroatoms. The number of rotatable bonds is 2. The largest absolute Gasteiger partial charge is 0.369 e. The zero-order valence-corrected chi connectivity index (χ0v) is 13.4. The van der Waals surface area contributed by atoms with E-state index < -0.39 is 0 Å². The van der Waals surface area contributed by atoms with Gasteiger partial charge in [-0.3, -0.25) is 9.59 Å². The number of carbonyl (C=O) groups is 1. The lowest BCUT2D eigenvalue weighted by Gasteiger charge is -2.38. The third-order valence-corrected chi connectivity index (χ3v) is 4.32. The van der Waals surface area contributed by atoms with Crippen molar-refractivity contribution in [3.63, 3.8) is 0 Å². The van der Waals surface area contributed by atoms with Gasteiger partial charge in [-0.15, -0.1) is 0 Å². The number of carbonyl (C=O) groups excluding carboxylic acids is 1. The van der Waals surface area contributed by atoms with E-state index in [-0.39, 0.29) is 23.6 Å². The average Bonchev–Trinajstić information content (AvgIpc) is 2.56. The Kier molecular flexibility index (Phi) is 4.50. The van der Waals surface area contributed by atoms with Crippen molar-refractivity contribution in [2.45, 2.75) is 19.1 Å². The van der Waals surface area contributed by atoms with Gasteiger partial charge in [-0.1, -0.05) is 29.8 Å². The number of H-pyrrole nitrogens is 1. The summed E-state index contributed by atoms with van der Waals surface area (Å²) >= 11 is 6.23. The Morgan fingerprint density at radius 1 is 1.30 bits per heavy atom. The van der Waals surface area contributed by atoms with E-state index in [1.807, 2.05) is 31.2 Å². The number of halogens is 1. The van der Waals surface area contributed by atoms with Gasteiger partial charge in [0.1, 0.15) is 6.10 Å². The van der Waals surface area contributed by atoms with Crippen molar-refractivity contribution < 1.29 is 9.53 Å². The molecule has 1 N–H and O–H groups in total. The highest BCUT2D eigenvalue weighted by Gasteiger charge is 2.31. The fourth-order valence-electron chi connectivity index (χ4n) is 2.67. The molecule has 0 spiro atoms. The Morgan fingerprint density at radius 2 is 2.09 bits per heavy atom. The summed E-state index contributed by atoms with van der Waals surface area (Å²) in [7, 11) is 0. The number of hydrogen-bond donors (Lipinski definition) is 1. The second kappa shape index (κ2) is 6.56. The van der Waals surface area contributed by atoms with Crippen LogP contribution in [0.4, 0.5) is 0 Å². The van der Waals surface area contributed by atoms with Gasteiger partial charge in [0.2, 0.25) is 5.56 Å². The van der Waals surface area contributed by atoms with Crippen molar-refractivity contribution in [1.29, 1.82) is 0 Å². The molecule has 2 heterocycles. The quantitative estimate of drug-likeness (QED) is 0.919. The summed E-state index contributed by atoms with van der Waals surface area (Å²) in [6.07, 6.45) is 1.18. The van der Waals surface area contributed by atoms with Crippen LogP contribution in [-0.2, 0) is 4.74 Å². The zero-order valence-electron chi connectivity index (χ0n) is 12.7. The Balaban J connectivity index is 1.83. The maximum atomic E-state index is 12.7. The summed E-state index contributed by atoms with van der Waals surface area (Å²) in [5, 5.41) is 0.628. The number of pyridine rings is 1. The highest BCUT2D eigenvalue weighted by atomic mass is 35.5. The molecule has 2 aromatic rings. The van der Waals surface area contributed by atoms with Crippen LogP contribution in [0.3, 0.4) is 0 Å². The van der Waals surface area contributed by atoms with Gasteiger partial charge in [0.15, 0.2) is 0 Å². The average molecular weight is 333 g/mol. The first kappa shape index (κ1) is 15.8. The molecule has 3 rings (SSSR count). The third kappa shape index (κ3) is 3.30. The minimum absolute atomic E-state index is 0.0480. The zero-order chi connectivity index (χ0) is 16.4. The molecule has 1 aromatic heterocycles. The first-order chi connectivity index (χ1) is 11.1. The molecule has 2 atom stereocenters. The van der Waals surface area contributed by atoms with E-state index >= 15 is 0 Å². The lowest BCUT2D eigenvalue weighted by molar-refractivity contribution is -0.0486. The van der Waals surface area contributed by atoms with E-state index in [1.54, 1.807) is 4.90 Å². The van der Waals surface area contributed by atoms with Crippen LogP contribution in [0, 0.1) is 0 Å². The number of aromatic amines is 1. The number of hydrogen-bond acceptors (Lipinski definition) is 3. The molecule has 1 aromatic carbocycles. The van der Waals surface area contributed by atoms with Crippen molar-refractivity contribution in [3.05, 3.63) is 69.1 Å². The van der Waals surface area contributed by atoms with Crippen molar-refractivity contribution in [2.24, 2.45) is 0 Å². The van der Waals surface area contributed by atoms with Crippen LogP contribution in [0.2, 0.25) is 5.02 Å². The summed E-state index contributed by atoms with van der Waals surface area (Å²) in [5.41, 5.74) is 1.10. The number of nitrogens with one attached hydrogen (secondary N) is 1. The van der Waals surface area contributed by atoms with Gasteiger partial charge in [-0.05, 0) is 19.1 Å². The minimum atomic E-state index is -0.258. The molecule has 1 amide bonds. The van der Waals surface area contributed by atoms with Gasteiger partial charge in [-0.25, -0.2) is 0 Å². The van der Waals surface area contributed by atoms with Gasteiger partial charge in [0.05, 0.1) is 24.8 Å². The number of nitrogens with zero attached hydrogens (tertiary/aromatic N) is 1. The normalized spacial score (nSPS) is 21.2. The smallest absolute Gasteiger partial charge is 0.255 e. The first-order valence-corrected chi connectivity index (χ1v) is 7.80. The SMILES string of the molecule is C[C@@H]1CO[C@H](c2ccccc2Cl)CN1C(=O)c1ccc(=O)[nH]c1. The summed E-state index contributed by atoms with van der Waals surface area (Å²) in [4.78, 5) is 28.1. The van der Waals surface area contributed by atoms with Crippen molar-refractivity contribution in [2.75, 3.05) is 13.2 Å². The predicted molar refractivity (Wildman–Crippen MR) is 87.7 cm³/mol. The monoisotopic (exact) mass is 332 g/mol. The Hall–Kier alpha value is -2.11. The van der Waals surface area contributed by atoms with Crippen LogP contribution in [0.15, 0.2) is 47.4 Å². The minimum Gasteiger partial charge on any atom is -0.369 e. The second-order valence-corrected chi connectivity index (χ2v) is 6.00. The molecule has 5 nitrogen and oxygen atoms in total. The summed E-state index contributed by atoms with van der Waals surface area (Å²) < 4.78 is 5.86. The van der Waals surface area contributed by atoms with E-state index in [0.717, 1.165) is 5.56 Å². The van der Waals surface area contributed by atoms with Crippen LogP contribution in [0.1, 0.15) is 28.9 Å². The van der Waals surface area contributed by atoms with Crippen LogP contribution >= 0.6 is 11.6 Å². The Bertz CT molecular complexity index is 754. The fraction of sp³-hybridized carbons (Fsp3) is 0.294. The van der Waals surface area contributed by atoms with E-state index in [9.17, 15) is 9.59 Å². The molecule has 1 fully saturated rings. The molecule has 0 unspecified atom stereocenters. The van der Waals surface area contributed by atoms with Gasteiger partial charge in [0.25, 0.3) is 5.91 Å². The molecule has 0 radical (unpaired) electrons. The molecule has 0 aliphatic carbocycles. The lowest BCUT2D eigenvalue weighted by atomic mass is 10.0. The highest BCUT2D eigenvalue weighted by molar-refractivity contribution is 6.31. The fourth-order valence-corrected chi connectivity index (χ4v) is 2.93. The van der Waals surface area contributed by atoms with Gasteiger partial charge in [-0.2, -0.15) is 0 Å². The van der Waals surface area contributed by atoms with Crippen LogP contribution in [-0.4, -0.2) is 35.0 Å². The van der Waals surface area contributed by atoms with Crippen LogP contribution in [0.5, 0.6) is 0 Å². The van der Waals surface area contributed by atoms with E-state index in [1.165, 1.54) is 18.3 Å². The van der Waals surface area contributed by atoms with E-state index in [0.29, 0.717) is 23.7 Å². The summed E-state index contributed by atoms with van der Waals surface area (Å²) in [5.74, 6) is -0.130. The van der Waals surface area contributed by atoms with Crippen molar-refractivity contribution >= 4 is 17.5 Å². The maximum absolute atomic E-state index is 12.7. The van der Waals surface area contributed by atoms with E-state index in [4.69, 9.17) is 16.3 Å². The number of ether oxygens (including phenoxy) is 1. The lowest BCUT2D eigenvalue weighted by Crippen LogP contribution is -2.48. The molecule has 0 saturated carbocycles. The number of morpholine rings is 1.